The summed E-state index contributed by atoms with van der Waals surface area (Å²) in [5.41, 5.74) is 0.765. The molecule has 2 atom stereocenters. The predicted molar refractivity (Wildman–Crippen MR) is 97.7 cm³/mol. The number of amides is 1. The van der Waals surface area contributed by atoms with Gasteiger partial charge in [0.15, 0.2) is 6.04 Å². The second-order valence-electron chi connectivity index (χ2n) is 8.64. The van der Waals surface area contributed by atoms with Crippen LogP contribution < -0.4 is 5.32 Å². The van der Waals surface area contributed by atoms with E-state index in [0.29, 0.717) is 18.4 Å². The van der Waals surface area contributed by atoms with Crippen molar-refractivity contribution in [2.75, 3.05) is 13.7 Å². The van der Waals surface area contributed by atoms with Gasteiger partial charge in [-0.15, -0.1) is 0 Å². The molecular formula is C20H30N2O4. The number of ether oxygens (including phenoxy) is 1. The molecule has 0 radical (unpaired) electrons. The molecular weight excluding hydrogens is 332 g/mol. The summed E-state index contributed by atoms with van der Waals surface area (Å²) in [6.45, 7) is 6.33. The third-order valence-corrected chi connectivity index (χ3v) is 5.08. The number of carbonyl (C=O) groups is 2. The first-order chi connectivity index (χ1) is 12.3. The molecule has 1 heterocycles. The Bertz CT molecular complexity index is 612. The molecule has 26 heavy (non-hydrogen) atoms. The molecule has 1 aliphatic heterocycles. The maximum atomic E-state index is 12.9. The zero-order valence-corrected chi connectivity index (χ0v) is 16.2. The molecule has 2 saturated carbocycles. The second kappa shape index (κ2) is 7.43. The van der Waals surface area contributed by atoms with Gasteiger partial charge in [-0.3, -0.25) is 9.63 Å². The van der Waals surface area contributed by atoms with Crippen molar-refractivity contribution in [1.82, 2.24) is 10.4 Å². The fraction of sp³-hybridized carbons (Fsp3) is 0.700. The summed E-state index contributed by atoms with van der Waals surface area (Å²) in [5, 5.41) is 4.52. The molecule has 0 aromatic carbocycles. The normalized spacial score (nSPS) is 24.1. The smallest absolute Gasteiger partial charge is 0.328 e. The van der Waals surface area contributed by atoms with Gasteiger partial charge in [0.25, 0.3) is 0 Å². The Hall–Kier alpha value is -1.82. The average Bonchev–Trinajstić information content (AvgIpc) is 3.48. The van der Waals surface area contributed by atoms with E-state index < -0.39 is 23.5 Å². The predicted octanol–water partition coefficient (Wildman–Crippen LogP) is 2.57. The highest BCUT2D eigenvalue weighted by Gasteiger charge is 2.38. The van der Waals surface area contributed by atoms with Crippen LogP contribution in [-0.4, -0.2) is 42.7 Å². The van der Waals surface area contributed by atoms with Crippen LogP contribution in [0.5, 0.6) is 0 Å². The Kier molecular flexibility index (Phi) is 5.42. The Balaban J connectivity index is 1.70. The fourth-order valence-corrected chi connectivity index (χ4v) is 2.99. The van der Waals surface area contributed by atoms with Gasteiger partial charge in [0.1, 0.15) is 6.04 Å². The number of hydroxylamine groups is 2. The van der Waals surface area contributed by atoms with Crippen LogP contribution >= 0.6 is 0 Å². The van der Waals surface area contributed by atoms with Gasteiger partial charge in [-0.05, 0) is 54.6 Å². The lowest BCUT2D eigenvalue weighted by atomic mass is 9.86. The van der Waals surface area contributed by atoms with Gasteiger partial charge in [-0.1, -0.05) is 26.8 Å². The van der Waals surface area contributed by atoms with E-state index in [0.717, 1.165) is 0 Å². The number of carbonyl (C=O) groups excluding carboxylic acids is 2. The van der Waals surface area contributed by atoms with Crippen LogP contribution in [-0.2, 0) is 19.2 Å². The van der Waals surface area contributed by atoms with Crippen molar-refractivity contribution in [3.63, 3.8) is 0 Å². The zero-order valence-electron chi connectivity index (χ0n) is 16.2. The van der Waals surface area contributed by atoms with Gasteiger partial charge in [0.05, 0.1) is 13.7 Å². The molecule has 0 bridgehead atoms. The minimum Gasteiger partial charge on any atom is -0.467 e. The standard InChI is InChI=1S/C20H30N2O4/c1-20(2,3)17(19(24)25-4)21-18(23)16-10-9-15(14-7-8-14)11-22(16)26-12-13-5-6-13/h9-11,13-14,16-17H,5-8,12H2,1-4H3,(H,21,23)/t16?,17-/m1/s1. The highest BCUT2D eigenvalue weighted by molar-refractivity contribution is 5.89. The Morgan fingerprint density at radius 1 is 1.27 bits per heavy atom. The van der Waals surface area contributed by atoms with E-state index in [9.17, 15) is 9.59 Å². The Morgan fingerprint density at radius 2 is 1.96 bits per heavy atom. The molecule has 1 unspecified atom stereocenters. The van der Waals surface area contributed by atoms with Crippen LogP contribution in [0.4, 0.5) is 0 Å². The Labute approximate surface area is 155 Å². The number of hydrogen-bond acceptors (Lipinski definition) is 5. The third-order valence-electron chi connectivity index (χ3n) is 5.08. The van der Waals surface area contributed by atoms with E-state index in [2.05, 4.69) is 5.32 Å². The van der Waals surface area contributed by atoms with Gasteiger partial charge >= 0.3 is 5.97 Å². The first-order valence-electron chi connectivity index (χ1n) is 9.49. The SMILES string of the molecule is COC(=O)[C@@H](NC(=O)C1C=CC(C2CC2)=CN1OCC1CC1)C(C)(C)C. The number of nitrogens with one attached hydrogen (secondary N) is 1. The van der Waals surface area contributed by atoms with Gasteiger partial charge in [-0.2, -0.15) is 0 Å². The minimum atomic E-state index is -0.715. The van der Waals surface area contributed by atoms with Gasteiger partial charge in [0, 0.05) is 6.20 Å². The summed E-state index contributed by atoms with van der Waals surface area (Å²) in [7, 11) is 1.34. The van der Waals surface area contributed by atoms with Crippen LogP contribution in [0.3, 0.4) is 0 Å². The molecule has 2 fully saturated rings. The highest BCUT2D eigenvalue weighted by Crippen LogP contribution is 2.39. The number of rotatable bonds is 7. The summed E-state index contributed by atoms with van der Waals surface area (Å²) in [5.74, 6) is 0.484. The number of nitrogens with zero attached hydrogens (tertiary/aromatic N) is 1. The highest BCUT2D eigenvalue weighted by atomic mass is 16.7. The minimum absolute atomic E-state index is 0.256. The van der Waals surface area contributed by atoms with Crippen molar-refractivity contribution in [3.8, 4) is 0 Å². The molecule has 1 amide bonds. The van der Waals surface area contributed by atoms with E-state index >= 15 is 0 Å². The first-order valence-corrected chi connectivity index (χ1v) is 9.49. The van der Waals surface area contributed by atoms with Crippen molar-refractivity contribution in [3.05, 3.63) is 23.9 Å². The fourth-order valence-electron chi connectivity index (χ4n) is 2.99. The lowest BCUT2D eigenvalue weighted by Gasteiger charge is -2.34. The average molecular weight is 362 g/mol. The van der Waals surface area contributed by atoms with E-state index in [1.54, 1.807) is 5.06 Å². The van der Waals surface area contributed by atoms with Crippen molar-refractivity contribution < 1.29 is 19.2 Å². The number of hydrogen-bond donors (Lipinski definition) is 1. The second-order valence-corrected chi connectivity index (χ2v) is 8.64. The van der Waals surface area contributed by atoms with E-state index in [4.69, 9.17) is 9.57 Å². The summed E-state index contributed by atoms with van der Waals surface area (Å²) in [6.07, 6.45) is 10.6. The molecule has 3 rings (SSSR count). The molecule has 3 aliphatic rings. The quantitative estimate of drug-likeness (QED) is 0.705. The molecule has 0 spiro atoms. The summed E-state index contributed by atoms with van der Waals surface area (Å²) < 4.78 is 4.87. The molecule has 2 aliphatic carbocycles. The number of esters is 1. The molecule has 0 aromatic heterocycles. The lowest BCUT2D eigenvalue weighted by Crippen LogP contribution is -2.55. The first kappa shape index (κ1) is 19.0. The Morgan fingerprint density at radius 3 is 2.50 bits per heavy atom. The maximum Gasteiger partial charge on any atom is 0.328 e. The van der Waals surface area contributed by atoms with E-state index in [1.165, 1.54) is 38.4 Å². The summed E-state index contributed by atoms with van der Waals surface area (Å²) in [4.78, 5) is 31.0. The zero-order chi connectivity index (χ0) is 18.9. The third kappa shape index (κ3) is 4.67. The number of methoxy groups -OCH3 is 1. The summed E-state index contributed by atoms with van der Waals surface area (Å²) in [6, 6.07) is -1.29. The molecule has 1 N–H and O–H groups in total. The molecule has 144 valence electrons. The molecule has 6 heteroatoms. The van der Waals surface area contributed by atoms with Gasteiger partial charge < -0.3 is 10.1 Å². The monoisotopic (exact) mass is 362 g/mol. The van der Waals surface area contributed by atoms with Crippen LogP contribution in [0, 0.1) is 17.3 Å². The molecule has 6 nitrogen and oxygen atoms in total. The number of allylic oxidation sites excluding steroid dienone is 2. The van der Waals surface area contributed by atoms with Crippen molar-refractivity contribution in [1.29, 1.82) is 0 Å². The van der Waals surface area contributed by atoms with Crippen LogP contribution in [0.1, 0.15) is 46.5 Å². The van der Waals surface area contributed by atoms with Crippen LogP contribution in [0.2, 0.25) is 0 Å². The molecule has 0 saturated heterocycles. The maximum absolute atomic E-state index is 12.9. The van der Waals surface area contributed by atoms with Gasteiger partial charge in [0.2, 0.25) is 5.91 Å². The van der Waals surface area contributed by atoms with E-state index in [1.807, 2.05) is 39.1 Å². The van der Waals surface area contributed by atoms with E-state index in [-0.39, 0.29) is 5.91 Å². The largest absolute Gasteiger partial charge is 0.467 e. The summed E-state index contributed by atoms with van der Waals surface area (Å²) >= 11 is 0. The van der Waals surface area contributed by atoms with Crippen molar-refractivity contribution in [2.24, 2.45) is 17.3 Å². The van der Waals surface area contributed by atoms with Crippen LogP contribution in [0.25, 0.3) is 0 Å². The van der Waals surface area contributed by atoms with Crippen LogP contribution in [0.15, 0.2) is 23.9 Å². The van der Waals surface area contributed by atoms with Crippen molar-refractivity contribution >= 4 is 11.9 Å². The lowest BCUT2D eigenvalue weighted by molar-refractivity contribution is -0.163. The topological polar surface area (TPSA) is 67.9 Å². The van der Waals surface area contributed by atoms with Gasteiger partial charge in [-0.25, -0.2) is 9.86 Å². The molecule has 0 aromatic rings. The van der Waals surface area contributed by atoms with Crippen molar-refractivity contribution in [2.45, 2.75) is 58.5 Å².